The highest BCUT2D eigenvalue weighted by Crippen LogP contribution is 2.41. The molecule has 2 heterocycles. The normalized spacial score (nSPS) is 15.5. The van der Waals surface area contributed by atoms with Crippen molar-refractivity contribution in [2.24, 2.45) is 16.1 Å². The van der Waals surface area contributed by atoms with Crippen LogP contribution in [0.2, 0.25) is 0 Å². The van der Waals surface area contributed by atoms with Crippen molar-refractivity contribution in [1.29, 1.82) is 0 Å². The van der Waals surface area contributed by atoms with Crippen molar-refractivity contribution in [3.63, 3.8) is 0 Å². The second kappa shape index (κ2) is 9.49. The Hall–Kier alpha value is -3.35. The highest BCUT2D eigenvalue weighted by atomic mass is 32.2. The molecule has 1 fully saturated rings. The van der Waals surface area contributed by atoms with E-state index in [1.54, 1.807) is 16.7 Å². The van der Waals surface area contributed by atoms with Gasteiger partial charge in [-0.25, -0.2) is 8.42 Å². The Bertz CT molecular complexity index is 1360. The maximum absolute atomic E-state index is 12.9. The molecule has 34 heavy (non-hydrogen) atoms. The van der Waals surface area contributed by atoms with Gasteiger partial charge in [-0.05, 0) is 24.1 Å². The lowest BCUT2D eigenvalue weighted by molar-refractivity contribution is -0.384. The van der Waals surface area contributed by atoms with Gasteiger partial charge in [0, 0.05) is 31.1 Å². The Labute approximate surface area is 196 Å². The Kier molecular flexibility index (Phi) is 6.64. The number of nitro groups is 1. The molecule has 0 spiro atoms. The molecule has 12 heteroatoms. The summed E-state index contributed by atoms with van der Waals surface area (Å²) in [5.41, 5.74) is 0.342. The third kappa shape index (κ3) is 4.52. The van der Waals surface area contributed by atoms with Gasteiger partial charge < -0.3 is 14.4 Å². The van der Waals surface area contributed by atoms with Gasteiger partial charge in [0.1, 0.15) is 0 Å². The van der Waals surface area contributed by atoms with Crippen LogP contribution in [0.25, 0.3) is 10.9 Å². The summed E-state index contributed by atoms with van der Waals surface area (Å²) in [4.78, 5) is 10.8. The Morgan fingerprint density at radius 3 is 2.53 bits per heavy atom. The van der Waals surface area contributed by atoms with Crippen molar-refractivity contribution in [3.05, 3.63) is 52.6 Å². The molecule has 3 aromatic rings. The number of morpholine rings is 1. The van der Waals surface area contributed by atoms with Crippen LogP contribution in [-0.2, 0) is 21.3 Å². The first kappa shape index (κ1) is 23.8. The van der Waals surface area contributed by atoms with Gasteiger partial charge in [-0.3, -0.25) is 10.1 Å². The van der Waals surface area contributed by atoms with Gasteiger partial charge in [0.25, 0.3) is 5.69 Å². The van der Waals surface area contributed by atoms with Gasteiger partial charge in [-0.2, -0.15) is 4.31 Å². The number of hydrogen-bond donors (Lipinski definition) is 1. The molecular weight excluding hydrogens is 462 g/mol. The average molecular weight is 488 g/mol. The number of aromatic hydroxyl groups is 1. The number of azo groups is 1. The molecule has 0 amide bonds. The lowest BCUT2D eigenvalue weighted by Crippen LogP contribution is -2.40. The predicted molar refractivity (Wildman–Crippen MR) is 125 cm³/mol. The first-order valence-corrected chi connectivity index (χ1v) is 12.2. The SMILES string of the molecule is CC(C)Cn1c(O)c(N=Nc2ccc(S(=O)(=O)N3CCOCC3)cc2[N+](=O)[O-])c2ccccc21. The summed E-state index contributed by atoms with van der Waals surface area (Å²) in [6.07, 6.45) is 0. The minimum Gasteiger partial charge on any atom is -0.493 e. The van der Waals surface area contributed by atoms with Gasteiger partial charge >= 0.3 is 0 Å². The van der Waals surface area contributed by atoms with E-state index in [2.05, 4.69) is 10.2 Å². The maximum Gasteiger partial charge on any atom is 0.298 e. The van der Waals surface area contributed by atoms with Crippen LogP contribution in [0.3, 0.4) is 0 Å². The minimum absolute atomic E-state index is 0.0900. The number of benzene rings is 2. The zero-order valence-electron chi connectivity index (χ0n) is 18.8. The highest BCUT2D eigenvalue weighted by Gasteiger charge is 2.29. The van der Waals surface area contributed by atoms with Gasteiger partial charge in [-0.15, -0.1) is 10.2 Å². The van der Waals surface area contributed by atoms with E-state index in [9.17, 15) is 23.6 Å². The molecule has 4 rings (SSSR count). The van der Waals surface area contributed by atoms with E-state index in [1.165, 1.54) is 16.4 Å². The number of nitro benzene ring substituents is 1. The van der Waals surface area contributed by atoms with Crippen LogP contribution >= 0.6 is 0 Å². The molecule has 0 aliphatic carbocycles. The number of rotatable bonds is 7. The predicted octanol–water partition coefficient (Wildman–Crippen LogP) is 4.35. The summed E-state index contributed by atoms with van der Waals surface area (Å²) in [7, 11) is -3.91. The fourth-order valence-corrected chi connectivity index (χ4v) is 5.28. The molecule has 1 aliphatic heterocycles. The molecule has 0 unspecified atom stereocenters. The molecule has 0 atom stereocenters. The summed E-state index contributed by atoms with van der Waals surface area (Å²) >= 11 is 0. The smallest absolute Gasteiger partial charge is 0.298 e. The van der Waals surface area contributed by atoms with E-state index in [0.29, 0.717) is 11.9 Å². The van der Waals surface area contributed by atoms with Gasteiger partial charge in [0.2, 0.25) is 15.9 Å². The van der Waals surface area contributed by atoms with Gasteiger partial charge in [0.15, 0.2) is 11.4 Å². The van der Waals surface area contributed by atoms with Crippen molar-refractivity contribution in [3.8, 4) is 5.88 Å². The molecule has 0 saturated carbocycles. The fourth-order valence-electron chi connectivity index (χ4n) is 3.85. The van der Waals surface area contributed by atoms with Crippen molar-refractivity contribution in [1.82, 2.24) is 8.87 Å². The number of para-hydroxylation sites is 1. The largest absolute Gasteiger partial charge is 0.493 e. The molecule has 1 aliphatic rings. The van der Waals surface area contributed by atoms with Crippen LogP contribution in [-0.4, -0.2) is 53.6 Å². The molecule has 11 nitrogen and oxygen atoms in total. The van der Waals surface area contributed by atoms with E-state index in [-0.39, 0.29) is 54.4 Å². The molecule has 0 radical (unpaired) electrons. The second-order valence-electron chi connectivity index (χ2n) is 8.32. The van der Waals surface area contributed by atoms with Crippen molar-refractivity contribution >= 4 is 38.0 Å². The molecule has 0 bridgehead atoms. The van der Waals surface area contributed by atoms with Crippen LogP contribution in [0.4, 0.5) is 17.1 Å². The Morgan fingerprint density at radius 1 is 1.15 bits per heavy atom. The fraction of sp³-hybridized carbons (Fsp3) is 0.364. The van der Waals surface area contributed by atoms with E-state index in [4.69, 9.17) is 4.74 Å². The van der Waals surface area contributed by atoms with Crippen molar-refractivity contribution < 1.29 is 23.2 Å². The van der Waals surface area contributed by atoms with Gasteiger partial charge in [0.05, 0.1) is 28.5 Å². The maximum atomic E-state index is 12.9. The number of hydrogen-bond acceptors (Lipinski definition) is 8. The van der Waals surface area contributed by atoms with Crippen molar-refractivity contribution in [2.75, 3.05) is 26.3 Å². The monoisotopic (exact) mass is 487 g/mol. The van der Waals surface area contributed by atoms with Gasteiger partial charge in [-0.1, -0.05) is 32.0 Å². The quantitative estimate of drug-likeness (QED) is 0.299. The van der Waals surface area contributed by atoms with E-state index in [0.717, 1.165) is 11.6 Å². The highest BCUT2D eigenvalue weighted by molar-refractivity contribution is 7.89. The molecule has 1 saturated heterocycles. The summed E-state index contributed by atoms with van der Waals surface area (Å²) < 4.78 is 33.9. The zero-order chi connectivity index (χ0) is 24.5. The summed E-state index contributed by atoms with van der Waals surface area (Å²) in [6.45, 7) is 5.48. The number of nitrogens with zero attached hydrogens (tertiary/aromatic N) is 5. The van der Waals surface area contributed by atoms with Crippen LogP contribution in [0, 0.1) is 16.0 Å². The summed E-state index contributed by atoms with van der Waals surface area (Å²) in [6, 6.07) is 10.8. The molecule has 1 aromatic heterocycles. The number of sulfonamides is 1. The van der Waals surface area contributed by atoms with Crippen LogP contribution < -0.4 is 0 Å². The zero-order valence-corrected chi connectivity index (χ0v) is 19.6. The Balaban J connectivity index is 1.74. The molecular formula is C22H25N5O6S. The third-order valence-electron chi connectivity index (χ3n) is 5.47. The van der Waals surface area contributed by atoms with Crippen LogP contribution in [0.15, 0.2) is 57.6 Å². The first-order chi connectivity index (χ1) is 16.2. The van der Waals surface area contributed by atoms with Crippen LogP contribution in [0.1, 0.15) is 13.8 Å². The van der Waals surface area contributed by atoms with E-state index < -0.39 is 20.6 Å². The number of fused-ring (bicyclic) bond motifs is 1. The van der Waals surface area contributed by atoms with Crippen molar-refractivity contribution in [2.45, 2.75) is 25.3 Å². The number of ether oxygens (including phenoxy) is 1. The topological polar surface area (TPSA) is 140 Å². The summed E-state index contributed by atoms with van der Waals surface area (Å²) in [5, 5.41) is 31.3. The summed E-state index contributed by atoms with van der Waals surface area (Å²) in [5.74, 6) is 0.168. The third-order valence-corrected chi connectivity index (χ3v) is 7.37. The lowest BCUT2D eigenvalue weighted by atomic mass is 10.2. The first-order valence-electron chi connectivity index (χ1n) is 10.8. The lowest BCUT2D eigenvalue weighted by Gasteiger charge is -2.25. The van der Waals surface area contributed by atoms with Crippen LogP contribution in [0.5, 0.6) is 5.88 Å². The average Bonchev–Trinajstić information content (AvgIpc) is 3.08. The second-order valence-corrected chi connectivity index (χ2v) is 10.3. The van der Waals surface area contributed by atoms with E-state index >= 15 is 0 Å². The number of aromatic nitrogens is 1. The van der Waals surface area contributed by atoms with E-state index in [1.807, 2.05) is 26.0 Å². The molecule has 2 aromatic carbocycles. The standard InChI is InChI=1S/C22H25N5O6S/c1-15(2)14-26-19-6-4-3-5-17(19)21(22(26)28)24-23-18-8-7-16(13-20(18)27(29)30)34(31,32)25-9-11-33-12-10-25/h3-8,13,15,28H,9-12,14H2,1-2H3. The molecule has 1 N–H and O–H groups in total. The molecule has 180 valence electrons. The minimum atomic E-state index is -3.91. The Morgan fingerprint density at radius 2 is 1.85 bits per heavy atom.